The quantitative estimate of drug-likeness (QED) is 0.262. The summed E-state index contributed by atoms with van der Waals surface area (Å²) in [6.07, 6.45) is 0. The summed E-state index contributed by atoms with van der Waals surface area (Å²) >= 11 is 0. The zero-order valence-electron chi connectivity index (χ0n) is 19.4. The highest BCUT2D eigenvalue weighted by molar-refractivity contribution is 6.21. The van der Waals surface area contributed by atoms with Crippen LogP contribution in [0.2, 0.25) is 0 Å². The van der Waals surface area contributed by atoms with E-state index >= 15 is 0 Å². The van der Waals surface area contributed by atoms with E-state index in [1.807, 2.05) is 12.1 Å². The van der Waals surface area contributed by atoms with Crippen molar-refractivity contribution >= 4 is 10.8 Å². The van der Waals surface area contributed by atoms with Crippen LogP contribution in [0.1, 0.15) is 0 Å². The van der Waals surface area contributed by atoms with Gasteiger partial charge in [0, 0.05) is 16.8 Å². The molecule has 35 heavy (non-hydrogen) atoms. The zero-order valence-corrected chi connectivity index (χ0v) is 19.4. The summed E-state index contributed by atoms with van der Waals surface area (Å²) in [6, 6.07) is 43.2. The lowest BCUT2D eigenvalue weighted by Crippen LogP contribution is -2.01. The van der Waals surface area contributed by atoms with Crippen molar-refractivity contribution in [1.29, 1.82) is 0 Å². The summed E-state index contributed by atoms with van der Waals surface area (Å²) in [5.41, 5.74) is 11.2. The number of nitrogens with zero attached hydrogens (tertiary/aromatic N) is 1. The Morgan fingerprint density at radius 1 is 0.514 bits per heavy atom. The van der Waals surface area contributed by atoms with Crippen LogP contribution in [-0.2, 0) is 0 Å². The molecule has 0 fully saturated rings. The molecule has 2 heteroatoms. The average molecular weight is 450 g/mol. The first-order valence-corrected chi connectivity index (χ1v) is 11.9. The summed E-state index contributed by atoms with van der Waals surface area (Å²) in [5.74, 6) is 0.853. The third-order valence-corrected chi connectivity index (χ3v) is 7.04. The third kappa shape index (κ3) is 2.90. The molecular weight excluding hydrogens is 426 g/mol. The van der Waals surface area contributed by atoms with Crippen molar-refractivity contribution in [1.82, 2.24) is 4.57 Å². The van der Waals surface area contributed by atoms with Gasteiger partial charge in [0.1, 0.15) is 5.75 Å². The number of fused-ring (bicyclic) bond motifs is 3. The zero-order chi connectivity index (χ0) is 23.4. The van der Waals surface area contributed by atoms with Crippen LogP contribution in [0.4, 0.5) is 0 Å². The van der Waals surface area contributed by atoms with Crippen LogP contribution < -0.4 is 4.74 Å². The number of benzene rings is 5. The highest BCUT2D eigenvalue weighted by Gasteiger charge is 2.33. The van der Waals surface area contributed by atoms with Gasteiger partial charge in [-0.05, 0) is 57.3 Å². The fraction of sp³-hybridized carbons (Fsp3) is 0.0303. The summed E-state index contributed by atoms with van der Waals surface area (Å²) in [6.45, 7) is 0. The Hall–Kier alpha value is -4.56. The molecule has 0 saturated heterocycles. The SMILES string of the molecule is COc1ccc(-n2c(-c3ccccc3)c3c(c2-c2ccccc2)-c2cccc4cccc-3c24)cc1. The van der Waals surface area contributed by atoms with E-state index in [9.17, 15) is 0 Å². The van der Waals surface area contributed by atoms with Gasteiger partial charge in [0.2, 0.25) is 0 Å². The Labute approximate surface area is 204 Å². The van der Waals surface area contributed by atoms with Crippen molar-refractivity contribution in [2.45, 2.75) is 0 Å². The molecule has 166 valence electrons. The van der Waals surface area contributed by atoms with Crippen LogP contribution in [0.5, 0.6) is 5.75 Å². The smallest absolute Gasteiger partial charge is 0.119 e. The average Bonchev–Trinajstić information content (AvgIpc) is 3.45. The molecule has 0 unspecified atom stereocenters. The van der Waals surface area contributed by atoms with Gasteiger partial charge < -0.3 is 9.30 Å². The normalized spacial score (nSPS) is 11.6. The fourth-order valence-corrected chi connectivity index (χ4v) is 5.58. The molecule has 1 aliphatic carbocycles. The van der Waals surface area contributed by atoms with Gasteiger partial charge in [-0.3, -0.25) is 0 Å². The van der Waals surface area contributed by atoms with E-state index in [0.717, 1.165) is 11.4 Å². The van der Waals surface area contributed by atoms with E-state index in [1.165, 1.54) is 55.5 Å². The number of methoxy groups -OCH3 is 1. The molecule has 1 aliphatic rings. The van der Waals surface area contributed by atoms with Crippen LogP contribution in [0.3, 0.4) is 0 Å². The molecule has 0 radical (unpaired) electrons. The molecule has 6 aromatic rings. The molecule has 0 spiro atoms. The third-order valence-electron chi connectivity index (χ3n) is 7.04. The summed E-state index contributed by atoms with van der Waals surface area (Å²) < 4.78 is 7.91. The van der Waals surface area contributed by atoms with Crippen molar-refractivity contribution < 1.29 is 4.74 Å². The van der Waals surface area contributed by atoms with E-state index in [0.29, 0.717) is 0 Å². The molecular formula is C33H23NO. The standard InChI is InChI=1S/C33H23NO/c1-35-26-20-18-25(19-21-26)34-32(23-10-4-2-5-11-23)30-27-16-8-14-22-15-9-17-28(29(22)27)31(30)33(34)24-12-6-3-7-13-24/h2-21H,1H3. The molecule has 0 amide bonds. The Morgan fingerprint density at radius 3 is 1.51 bits per heavy atom. The second-order valence-corrected chi connectivity index (χ2v) is 8.92. The van der Waals surface area contributed by atoms with Gasteiger partial charge in [-0.1, -0.05) is 97.1 Å². The number of rotatable bonds is 4. The predicted octanol–water partition coefficient (Wildman–Crippen LogP) is 8.62. The highest BCUT2D eigenvalue weighted by Crippen LogP contribution is 2.57. The molecule has 1 aromatic heterocycles. The van der Waals surface area contributed by atoms with Crippen LogP contribution in [0.15, 0.2) is 121 Å². The van der Waals surface area contributed by atoms with Gasteiger partial charge in [0.05, 0.1) is 18.5 Å². The minimum atomic E-state index is 0.853. The first kappa shape index (κ1) is 19.9. The number of aromatic nitrogens is 1. The maximum absolute atomic E-state index is 5.47. The number of hydrogen-bond acceptors (Lipinski definition) is 1. The van der Waals surface area contributed by atoms with Gasteiger partial charge in [0.25, 0.3) is 0 Å². The van der Waals surface area contributed by atoms with Crippen LogP contribution in [-0.4, -0.2) is 11.7 Å². The van der Waals surface area contributed by atoms with Crippen LogP contribution >= 0.6 is 0 Å². The Kier molecular flexibility index (Phi) is 4.40. The Bertz CT molecular complexity index is 1590. The van der Waals surface area contributed by atoms with Crippen molar-refractivity contribution in [3.8, 4) is 56.2 Å². The minimum Gasteiger partial charge on any atom is -0.497 e. The summed E-state index contributed by atoms with van der Waals surface area (Å²) in [7, 11) is 1.71. The van der Waals surface area contributed by atoms with Gasteiger partial charge >= 0.3 is 0 Å². The molecule has 5 aromatic carbocycles. The first-order chi connectivity index (χ1) is 17.3. The maximum Gasteiger partial charge on any atom is 0.119 e. The van der Waals surface area contributed by atoms with E-state index in [1.54, 1.807) is 7.11 Å². The lowest BCUT2D eigenvalue weighted by Gasteiger charge is -2.17. The van der Waals surface area contributed by atoms with Crippen molar-refractivity contribution in [3.63, 3.8) is 0 Å². The highest BCUT2D eigenvalue weighted by atomic mass is 16.5. The van der Waals surface area contributed by atoms with E-state index < -0.39 is 0 Å². The second kappa shape index (κ2) is 7.75. The van der Waals surface area contributed by atoms with Gasteiger partial charge in [-0.2, -0.15) is 0 Å². The van der Waals surface area contributed by atoms with Crippen molar-refractivity contribution in [2.75, 3.05) is 7.11 Å². The predicted molar refractivity (Wildman–Crippen MR) is 145 cm³/mol. The topological polar surface area (TPSA) is 14.2 Å². The molecule has 0 atom stereocenters. The Morgan fingerprint density at radius 2 is 1.03 bits per heavy atom. The summed E-state index contributed by atoms with van der Waals surface area (Å²) in [5, 5.41) is 2.63. The molecule has 2 nitrogen and oxygen atoms in total. The second-order valence-electron chi connectivity index (χ2n) is 8.92. The van der Waals surface area contributed by atoms with Gasteiger partial charge in [-0.25, -0.2) is 0 Å². The van der Waals surface area contributed by atoms with Crippen LogP contribution in [0.25, 0.3) is 61.2 Å². The lowest BCUT2D eigenvalue weighted by molar-refractivity contribution is 0.415. The monoisotopic (exact) mass is 449 g/mol. The summed E-state index contributed by atoms with van der Waals surface area (Å²) in [4.78, 5) is 0. The molecule has 0 saturated carbocycles. The molecule has 0 bridgehead atoms. The fourth-order valence-electron chi connectivity index (χ4n) is 5.58. The van der Waals surface area contributed by atoms with E-state index in [2.05, 4.69) is 114 Å². The number of ether oxygens (including phenoxy) is 1. The van der Waals surface area contributed by atoms with Crippen molar-refractivity contribution in [2.24, 2.45) is 0 Å². The van der Waals surface area contributed by atoms with Gasteiger partial charge in [-0.15, -0.1) is 0 Å². The minimum absolute atomic E-state index is 0.853. The molecule has 0 N–H and O–H groups in total. The molecule has 1 heterocycles. The number of hydrogen-bond donors (Lipinski definition) is 0. The maximum atomic E-state index is 5.47. The van der Waals surface area contributed by atoms with Crippen LogP contribution in [0, 0.1) is 0 Å². The van der Waals surface area contributed by atoms with E-state index in [4.69, 9.17) is 4.74 Å². The molecule has 7 rings (SSSR count). The van der Waals surface area contributed by atoms with Crippen molar-refractivity contribution in [3.05, 3.63) is 121 Å². The Balaban J connectivity index is 1.68. The lowest BCUT2D eigenvalue weighted by atomic mass is 9.99. The molecule has 0 aliphatic heterocycles. The van der Waals surface area contributed by atoms with Gasteiger partial charge in [0.15, 0.2) is 0 Å². The first-order valence-electron chi connectivity index (χ1n) is 11.9. The van der Waals surface area contributed by atoms with E-state index in [-0.39, 0.29) is 0 Å². The largest absolute Gasteiger partial charge is 0.497 e.